The second-order valence-electron chi connectivity index (χ2n) is 7.07. The molecule has 1 N–H and O–H groups in total. The molecule has 6 heteroatoms. The highest BCUT2D eigenvalue weighted by Crippen LogP contribution is 2.33. The molecular formula is C24H17Cl3N2O. The quantitative estimate of drug-likeness (QED) is 0.321. The van der Waals surface area contributed by atoms with E-state index in [1.807, 2.05) is 30.3 Å². The molecule has 0 saturated heterocycles. The van der Waals surface area contributed by atoms with Gasteiger partial charge in [-0.1, -0.05) is 65.1 Å². The molecule has 0 unspecified atom stereocenters. The van der Waals surface area contributed by atoms with E-state index in [2.05, 4.69) is 31.3 Å². The minimum atomic E-state index is -0.307. The Morgan fingerprint density at radius 2 is 1.57 bits per heavy atom. The lowest BCUT2D eigenvalue weighted by Crippen LogP contribution is -2.13. The van der Waals surface area contributed by atoms with E-state index in [1.54, 1.807) is 6.07 Å². The third kappa shape index (κ3) is 4.01. The first kappa shape index (κ1) is 20.7. The fourth-order valence-corrected chi connectivity index (χ4v) is 3.81. The molecule has 0 aliphatic heterocycles. The molecule has 3 nitrogen and oxygen atoms in total. The third-order valence-electron chi connectivity index (χ3n) is 5.02. The zero-order valence-corrected chi connectivity index (χ0v) is 18.5. The summed E-state index contributed by atoms with van der Waals surface area (Å²) in [7, 11) is 0. The molecule has 1 heterocycles. The lowest BCUT2D eigenvalue weighted by atomic mass is 10.0. The summed E-state index contributed by atoms with van der Waals surface area (Å²) in [4.78, 5) is 18.0. The maximum atomic E-state index is 13.2. The summed E-state index contributed by atoms with van der Waals surface area (Å²) >= 11 is 18.3. The van der Waals surface area contributed by atoms with Crippen molar-refractivity contribution in [3.63, 3.8) is 0 Å². The Hall–Kier alpha value is -2.59. The SMILES string of the molecule is Cc1ccc(-c2cc(C(=O)Nc3cc(Cl)c(Cl)cc3Cl)c3ccccc3n2)cc1C. The molecule has 0 radical (unpaired) electrons. The highest BCUT2D eigenvalue weighted by Gasteiger charge is 2.16. The number of benzene rings is 3. The Labute approximate surface area is 189 Å². The van der Waals surface area contributed by atoms with Gasteiger partial charge in [0.15, 0.2) is 0 Å². The Kier molecular flexibility index (Phi) is 5.70. The summed E-state index contributed by atoms with van der Waals surface area (Å²) in [5.41, 5.74) is 5.66. The van der Waals surface area contributed by atoms with Crippen molar-refractivity contribution in [1.29, 1.82) is 0 Å². The molecule has 0 aliphatic rings. The number of hydrogen-bond donors (Lipinski definition) is 1. The van der Waals surface area contributed by atoms with Gasteiger partial charge in [0.25, 0.3) is 5.91 Å². The summed E-state index contributed by atoms with van der Waals surface area (Å²) < 4.78 is 0. The first-order valence-corrected chi connectivity index (χ1v) is 10.4. The number of halogens is 3. The van der Waals surface area contributed by atoms with Crippen LogP contribution in [-0.2, 0) is 0 Å². The summed E-state index contributed by atoms with van der Waals surface area (Å²) in [5.74, 6) is -0.307. The van der Waals surface area contributed by atoms with Crippen LogP contribution in [-0.4, -0.2) is 10.9 Å². The molecule has 3 aromatic carbocycles. The summed E-state index contributed by atoms with van der Waals surface area (Å²) in [5, 5.41) is 4.54. The second-order valence-corrected chi connectivity index (χ2v) is 8.29. The molecule has 0 saturated carbocycles. The molecule has 0 aliphatic carbocycles. The Balaban J connectivity index is 1.82. The van der Waals surface area contributed by atoms with Gasteiger partial charge in [-0.15, -0.1) is 0 Å². The third-order valence-corrected chi connectivity index (χ3v) is 6.06. The minimum Gasteiger partial charge on any atom is -0.321 e. The molecule has 0 bridgehead atoms. The highest BCUT2D eigenvalue weighted by molar-refractivity contribution is 6.44. The minimum absolute atomic E-state index is 0.307. The number of nitrogens with zero attached hydrogens (tertiary/aromatic N) is 1. The van der Waals surface area contributed by atoms with Gasteiger partial charge in [-0.25, -0.2) is 4.98 Å². The molecule has 0 fully saturated rings. The van der Waals surface area contributed by atoms with E-state index in [9.17, 15) is 4.79 Å². The van der Waals surface area contributed by atoms with Gasteiger partial charge in [0.1, 0.15) is 0 Å². The number of pyridine rings is 1. The number of carbonyl (C=O) groups excluding carboxylic acids is 1. The molecule has 4 rings (SSSR count). The van der Waals surface area contributed by atoms with E-state index in [0.717, 1.165) is 27.7 Å². The van der Waals surface area contributed by atoms with Crippen LogP contribution in [0, 0.1) is 13.8 Å². The smallest absolute Gasteiger partial charge is 0.256 e. The lowest BCUT2D eigenvalue weighted by Gasteiger charge is -2.13. The normalized spacial score (nSPS) is 11.0. The van der Waals surface area contributed by atoms with E-state index in [-0.39, 0.29) is 5.91 Å². The number of rotatable bonds is 3. The number of amides is 1. The standard InChI is InChI=1S/C24H17Cl3N2O/c1-13-7-8-15(9-14(13)2)22-10-17(16-5-3-4-6-21(16)28-22)24(30)29-23-12-19(26)18(25)11-20(23)27/h3-12H,1-2H3,(H,29,30). The van der Waals surface area contributed by atoms with E-state index < -0.39 is 0 Å². The van der Waals surface area contributed by atoms with Crippen LogP contribution in [0.5, 0.6) is 0 Å². The fourth-order valence-electron chi connectivity index (χ4n) is 3.22. The van der Waals surface area contributed by atoms with Crippen LogP contribution >= 0.6 is 34.8 Å². The van der Waals surface area contributed by atoms with Gasteiger partial charge in [0.05, 0.1) is 37.5 Å². The van der Waals surface area contributed by atoms with Gasteiger partial charge in [-0.3, -0.25) is 4.79 Å². The molecule has 4 aromatic rings. The number of aryl methyl sites for hydroxylation is 2. The van der Waals surface area contributed by atoms with Crippen molar-refractivity contribution >= 4 is 57.3 Å². The van der Waals surface area contributed by atoms with E-state index in [0.29, 0.717) is 26.3 Å². The van der Waals surface area contributed by atoms with Crippen molar-refractivity contribution in [2.45, 2.75) is 13.8 Å². The summed E-state index contributed by atoms with van der Waals surface area (Å²) in [6.07, 6.45) is 0. The first-order chi connectivity index (χ1) is 14.3. The van der Waals surface area contributed by atoms with Crippen LogP contribution in [0.4, 0.5) is 5.69 Å². The monoisotopic (exact) mass is 454 g/mol. The van der Waals surface area contributed by atoms with Crippen LogP contribution < -0.4 is 5.32 Å². The molecular weight excluding hydrogens is 439 g/mol. The maximum absolute atomic E-state index is 13.2. The van der Waals surface area contributed by atoms with Crippen molar-refractivity contribution in [1.82, 2.24) is 4.98 Å². The first-order valence-electron chi connectivity index (χ1n) is 9.27. The van der Waals surface area contributed by atoms with Crippen molar-refractivity contribution in [3.05, 3.63) is 92.4 Å². The highest BCUT2D eigenvalue weighted by atomic mass is 35.5. The Morgan fingerprint density at radius 3 is 2.33 bits per heavy atom. The predicted octanol–water partition coefficient (Wildman–Crippen LogP) is 7.73. The number of anilines is 1. The lowest BCUT2D eigenvalue weighted by molar-refractivity contribution is 0.102. The number of para-hydroxylation sites is 1. The molecule has 1 aromatic heterocycles. The van der Waals surface area contributed by atoms with Gasteiger partial charge in [0.2, 0.25) is 0 Å². The molecule has 0 spiro atoms. The second kappa shape index (κ2) is 8.27. The van der Waals surface area contributed by atoms with Crippen molar-refractivity contribution in [2.75, 3.05) is 5.32 Å². The van der Waals surface area contributed by atoms with Crippen LogP contribution in [0.15, 0.2) is 60.7 Å². The molecule has 30 heavy (non-hydrogen) atoms. The maximum Gasteiger partial charge on any atom is 0.256 e. The Bertz CT molecular complexity index is 1300. The van der Waals surface area contributed by atoms with Gasteiger partial charge in [-0.2, -0.15) is 0 Å². The van der Waals surface area contributed by atoms with Crippen LogP contribution in [0.3, 0.4) is 0 Å². The Morgan fingerprint density at radius 1 is 0.833 bits per heavy atom. The van der Waals surface area contributed by atoms with Gasteiger partial charge < -0.3 is 5.32 Å². The predicted molar refractivity (Wildman–Crippen MR) is 126 cm³/mol. The molecule has 150 valence electrons. The van der Waals surface area contributed by atoms with Crippen LogP contribution in [0.1, 0.15) is 21.5 Å². The van der Waals surface area contributed by atoms with Crippen LogP contribution in [0.2, 0.25) is 15.1 Å². The number of carbonyl (C=O) groups is 1. The van der Waals surface area contributed by atoms with Gasteiger partial charge in [-0.05, 0) is 55.3 Å². The molecule has 0 atom stereocenters. The van der Waals surface area contributed by atoms with Crippen LogP contribution in [0.25, 0.3) is 22.2 Å². The summed E-state index contributed by atoms with van der Waals surface area (Å²) in [6.45, 7) is 4.12. The van der Waals surface area contributed by atoms with E-state index in [4.69, 9.17) is 39.8 Å². The van der Waals surface area contributed by atoms with Gasteiger partial charge >= 0.3 is 0 Å². The zero-order chi connectivity index (χ0) is 21.4. The van der Waals surface area contributed by atoms with E-state index >= 15 is 0 Å². The largest absolute Gasteiger partial charge is 0.321 e. The molecule has 1 amide bonds. The zero-order valence-electron chi connectivity index (χ0n) is 16.3. The number of fused-ring (bicyclic) bond motifs is 1. The fraction of sp³-hybridized carbons (Fsp3) is 0.0833. The summed E-state index contributed by atoms with van der Waals surface area (Å²) in [6, 6.07) is 18.5. The van der Waals surface area contributed by atoms with E-state index in [1.165, 1.54) is 17.7 Å². The van der Waals surface area contributed by atoms with Crippen molar-refractivity contribution < 1.29 is 4.79 Å². The van der Waals surface area contributed by atoms with Gasteiger partial charge in [0, 0.05) is 10.9 Å². The number of hydrogen-bond acceptors (Lipinski definition) is 2. The average Bonchev–Trinajstić information content (AvgIpc) is 2.73. The number of nitrogens with one attached hydrogen (secondary N) is 1. The topological polar surface area (TPSA) is 42.0 Å². The number of aromatic nitrogens is 1. The average molecular weight is 456 g/mol. The van der Waals surface area contributed by atoms with Crippen molar-refractivity contribution in [3.8, 4) is 11.3 Å². The van der Waals surface area contributed by atoms with Crippen molar-refractivity contribution in [2.24, 2.45) is 0 Å².